The maximum atomic E-state index is 12.4. The number of hydrogen-bond donors (Lipinski definition) is 1. The van der Waals surface area contributed by atoms with E-state index in [0.29, 0.717) is 18.2 Å². The van der Waals surface area contributed by atoms with Gasteiger partial charge in [0.05, 0.1) is 19.0 Å². The highest BCUT2D eigenvalue weighted by atomic mass is 16.5. The number of nitrogens with one attached hydrogen (secondary N) is 1. The van der Waals surface area contributed by atoms with Gasteiger partial charge >= 0.3 is 0 Å². The summed E-state index contributed by atoms with van der Waals surface area (Å²) in [5.74, 6) is -0.0541. The lowest BCUT2D eigenvalue weighted by Crippen LogP contribution is -2.54. The van der Waals surface area contributed by atoms with Crippen molar-refractivity contribution in [3.8, 4) is 5.69 Å². The fourth-order valence-corrected chi connectivity index (χ4v) is 3.68. The monoisotopic (exact) mass is 340 g/mol. The number of nitrogens with zero attached hydrogens (tertiary/aromatic N) is 3. The number of benzene rings is 1. The molecule has 2 aliphatic heterocycles. The molecule has 1 aromatic carbocycles. The van der Waals surface area contributed by atoms with Gasteiger partial charge in [0.2, 0.25) is 0 Å². The minimum Gasteiger partial charge on any atom is -0.373 e. The fraction of sp³-hybridized carbons (Fsp3) is 0.474. The second kappa shape index (κ2) is 7.37. The number of hydrogen-bond acceptors (Lipinski definition) is 4. The van der Waals surface area contributed by atoms with E-state index in [1.807, 2.05) is 35.0 Å². The number of carbonyl (C=O) groups excluding carboxylic acids is 1. The molecule has 0 saturated carbocycles. The first kappa shape index (κ1) is 16.3. The maximum Gasteiger partial charge on any atom is 0.251 e. The van der Waals surface area contributed by atoms with E-state index >= 15 is 0 Å². The van der Waals surface area contributed by atoms with Gasteiger partial charge in [-0.2, -0.15) is 0 Å². The first-order chi connectivity index (χ1) is 12.3. The molecule has 0 bridgehead atoms. The highest BCUT2D eigenvalue weighted by Gasteiger charge is 2.30. The van der Waals surface area contributed by atoms with Crippen LogP contribution in [0.5, 0.6) is 0 Å². The Bertz CT molecular complexity index is 699. The number of amides is 1. The smallest absolute Gasteiger partial charge is 0.251 e. The summed E-state index contributed by atoms with van der Waals surface area (Å²) in [4.78, 5) is 18.9. The van der Waals surface area contributed by atoms with Crippen molar-refractivity contribution < 1.29 is 9.53 Å². The second-order valence-corrected chi connectivity index (χ2v) is 6.83. The average molecular weight is 340 g/mol. The quantitative estimate of drug-likeness (QED) is 0.923. The number of rotatable bonds is 4. The summed E-state index contributed by atoms with van der Waals surface area (Å²) in [6.45, 7) is 3.43. The molecule has 2 saturated heterocycles. The SMILES string of the molecule is O=C(NC[C@H]1CN2CCCC[C@@H]2CO1)c1ccc(-n2ccnc2)cc1. The van der Waals surface area contributed by atoms with E-state index in [1.54, 1.807) is 12.5 Å². The molecule has 3 heterocycles. The minimum absolute atomic E-state index is 0.0541. The Morgan fingerprint density at radius 1 is 1.28 bits per heavy atom. The zero-order valence-electron chi connectivity index (χ0n) is 14.3. The number of carbonyl (C=O) groups is 1. The highest BCUT2D eigenvalue weighted by molar-refractivity contribution is 5.94. The van der Waals surface area contributed by atoms with Gasteiger partial charge in [0.1, 0.15) is 0 Å². The lowest BCUT2D eigenvalue weighted by Gasteiger charge is -2.42. The summed E-state index contributed by atoms with van der Waals surface area (Å²) >= 11 is 0. The van der Waals surface area contributed by atoms with E-state index in [9.17, 15) is 4.79 Å². The normalized spacial score (nSPS) is 23.8. The molecular formula is C19H24N4O2. The van der Waals surface area contributed by atoms with Crippen molar-refractivity contribution in [1.29, 1.82) is 0 Å². The van der Waals surface area contributed by atoms with Gasteiger partial charge in [0.25, 0.3) is 5.91 Å². The van der Waals surface area contributed by atoms with Crippen molar-refractivity contribution in [2.24, 2.45) is 0 Å². The van der Waals surface area contributed by atoms with Crippen molar-refractivity contribution in [1.82, 2.24) is 19.8 Å². The van der Waals surface area contributed by atoms with Crippen LogP contribution in [-0.2, 0) is 4.74 Å². The number of morpholine rings is 1. The molecule has 2 atom stereocenters. The Morgan fingerprint density at radius 2 is 2.16 bits per heavy atom. The summed E-state index contributed by atoms with van der Waals surface area (Å²) in [5.41, 5.74) is 1.65. The van der Waals surface area contributed by atoms with Crippen molar-refractivity contribution >= 4 is 5.91 Å². The van der Waals surface area contributed by atoms with Gasteiger partial charge in [-0.15, -0.1) is 0 Å². The topological polar surface area (TPSA) is 59.4 Å². The molecule has 25 heavy (non-hydrogen) atoms. The van der Waals surface area contributed by atoms with Crippen LogP contribution < -0.4 is 5.32 Å². The van der Waals surface area contributed by atoms with Crippen molar-refractivity contribution in [2.75, 3.05) is 26.2 Å². The van der Waals surface area contributed by atoms with Crippen molar-refractivity contribution in [3.63, 3.8) is 0 Å². The van der Waals surface area contributed by atoms with Crippen LogP contribution in [0.3, 0.4) is 0 Å². The number of fused-ring (bicyclic) bond motifs is 1. The molecule has 2 aromatic rings. The lowest BCUT2D eigenvalue weighted by atomic mass is 10.0. The fourth-order valence-electron chi connectivity index (χ4n) is 3.68. The first-order valence-electron chi connectivity index (χ1n) is 9.02. The van der Waals surface area contributed by atoms with Gasteiger partial charge in [-0.25, -0.2) is 4.98 Å². The Morgan fingerprint density at radius 3 is 2.96 bits per heavy atom. The molecule has 4 rings (SSSR count). The maximum absolute atomic E-state index is 12.4. The standard InChI is InChI=1S/C19H24N4O2/c24-19(15-4-6-16(7-5-15)23-10-8-20-14-23)21-11-18-12-22-9-2-1-3-17(22)13-25-18/h4-8,10,14,17-18H,1-3,9,11-13H2,(H,21,24)/t17-,18+/m1/s1. The largest absolute Gasteiger partial charge is 0.373 e. The van der Waals surface area contributed by atoms with Gasteiger partial charge in [-0.05, 0) is 43.7 Å². The van der Waals surface area contributed by atoms with Crippen LogP contribution >= 0.6 is 0 Å². The zero-order valence-corrected chi connectivity index (χ0v) is 14.3. The molecule has 0 spiro atoms. The van der Waals surface area contributed by atoms with E-state index in [4.69, 9.17) is 4.74 Å². The van der Waals surface area contributed by atoms with E-state index < -0.39 is 0 Å². The van der Waals surface area contributed by atoms with Crippen LogP contribution in [0.4, 0.5) is 0 Å². The Balaban J connectivity index is 1.30. The minimum atomic E-state index is -0.0541. The van der Waals surface area contributed by atoms with E-state index in [1.165, 1.54) is 19.3 Å². The first-order valence-corrected chi connectivity index (χ1v) is 9.02. The van der Waals surface area contributed by atoms with Crippen LogP contribution in [0.2, 0.25) is 0 Å². The molecule has 6 nitrogen and oxygen atoms in total. The molecule has 1 N–H and O–H groups in total. The summed E-state index contributed by atoms with van der Waals surface area (Å²) < 4.78 is 7.84. The Hall–Kier alpha value is -2.18. The Kier molecular flexibility index (Phi) is 4.81. The van der Waals surface area contributed by atoms with Crippen LogP contribution in [0.1, 0.15) is 29.6 Å². The third-order valence-corrected chi connectivity index (χ3v) is 5.13. The summed E-state index contributed by atoms with van der Waals surface area (Å²) in [6, 6.07) is 8.11. The molecule has 0 aliphatic carbocycles. The molecule has 2 aliphatic rings. The number of ether oxygens (including phenoxy) is 1. The molecule has 6 heteroatoms. The van der Waals surface area contributed by atoms with Crippen LogP contribution in [0, 0.1) is 0 Å². The summed E-state index contributed by atoms with van der Waals surface area (Å²) in [7, 11) is 0. The molecule has 1 aromatic heterocycles. The van der Waals surface area contributed by atoms with Gasteiger partial charge < -0.3 is 14.6 Å². The van der Waals surface area contributed by atoms with Crippen LogP contribution in [-0.4, -0.2) is 58.7 Å². The molecule has 2 fully saturated rings. The van der Waals surface area contributed by atoms with E-state index in [2.05, 4.69) is 15.2 Å². The summed E-state index contributed by atoms with van der Waals surface area (Å²) in [6.07, 6.45) is 9.26. The number of imidazole rings is 1. The van der Waals surface area contributed by atoms with Gasteiger partial charge in [-0.1, -0.05) is 6.42 Å². The number of aromatic nitrogens is 2. The Labute approximate surface area is 147 Å². The van der Waals surface area contributed by atoms with Crippen LogP contribution in [0.25, 0.3) is 5.69 Å². The highest BCUT2D eigenvalue weighted by Crippen LogP contribution is 2.21. The lowest BCUT2D eigenvalue weighted by molar-refractivity contribution is -0.0725. The van der Waals surface area contributed by atoms with Crippen molar-refractivity contribution in [2.45, 2.75) is 31.4 Å². The van der Waals surface area contributed by atoms with Crippen molar-refractivity contribution in [3.05, 3.63) is 48.5 Å². The summed E-state index contributed by atoms with van der Waals surface area (Å²) in [5, 5.41) is 3.01. The average Bonchev–Trinajstić information content (AvgIpc) is 3.21. The molecular weight excluding hydrogens is 316 g/mol. The second-order valence-electron chi connectivity index (χ2n) is 6.83. The predicted octanol–water partition coefficient (Wildman–Crippen LogP) is 1.86. The number of piperidine rings is 1. The molecule has 132 valence electrons. The van der Waals surface area contributed by atoms with E-state index in [0.717, 1.165) is 25.4 Å². The van der Waals surface area contributed by atoms with Crippen LogP contribution in [0.15, 0.2) is 43.0 Å². The van der Waals surface area contributed by atoms with Gasteiger partial charge in [0, 0.05) is 42.8 Å². The molecule has 1 amide bonds. The predicted molar refractivity (Wildman–Crippen MR) is 94.8 cm³/mol. The van der Waals surface area contributed by atoms with Gasteiger partial charge in [-0.3, -0.25) is 9.69 Å². The van der Waals surface area contributed by atoms with E-state index in [-0.39, 0.29) is 12.0 Å². The van der Waals surface area contributed by atoms with Gasteiger partial charge in [0.15, 0.2) is 0 Å². The molecule has 0 unspecified atom stereocenters. The zero-order chi connectivity index (χ0) is 17.1. The molecule has 0 radical (unpaired) electrons. The third-order valence-electron chi connectivity index (χ3n) is 5.13. The third kappa shape index (κ3) is 3.75.